The third-order valence-corrected chi connectivity index (χ3v) is 8.42. The van der Waals surface area contributed by atoms with Crippen molar-refractivity contribution in [3.05, 3.63) is 85.1 Å². The number of rotatable bonds is 34. The van der Waals surface area contributed by atoms with E-state index < -0.39 is 18.1 Å². The molecule has 0 fully saturated rings. The lowest BCUT2D eigenvalue weighted by atomic mass is 10.1. The Morgan fingerprint density at radius 2 is 1.09 bits per heavy atom. The number of likely N-dealkylation sites (N-methyl/N-ethyl adjacent to an activating group) is 1. The third kappa shape index (κ3) is 34.1. The molecule has 0 saturated carbocycles. The second kappa shape index (κ2) is 35.5. The summed E-state index contributed by atoms with van der Waals surface area (Å²) in [5.41, 5.74) is 0. The average Bonchev–Trinajstić information content (AvgIpc) is 3.11. The Morgan fingerprint density at radius 1 is 0.585 bits per heavy atom. The van der Waals surface area contributed by atoms with Crippen LogP contribution >= 0.6 is 0 Å². The van der Waals surface area contributed by atoms with Crippen LogP contribution in [0.25, 0.3) is 0 Å². The molecule has 53 heavy (non-hydrogen) atoms. The van der Waals surface area contributed by atoms with Gasteiger partial charge in [-0.15, -0.1) is 0 Å². The SMILES string of the molecule is CC/C=C/C=C/C=C/C=C/C=C/CCCCCC(=O)OC(COCCC(C(=O)O)[N+](C)(C)C)COC(=O)CCCCCCCCC/C=C/C/C=C/CC. The van der Waals surface area contributed by atoms with Crippen molar-refractivity contribution in [2.45, 2.75) is 142 Å². The molecule has 1 N–H and O–H groups in total. The summed E-state index contributed by atoms with van der Waals surface area (Å²) in [5.74, 6) is -1.55. The number of unbranched alkanes of at least 4 members (excludes halogenated alkanes) is 10. The molecule has 0 saturated heterocycles. The Hall–Kier alpha value is -3.49. The van der Waals surface area contributed by atoms with Gasteiger partial charge in [-0.3, -0.25) is 9.59 Å². The lowest BCUT2D eigenvalue weighted by Crippen LogP contribution is -2.50. The van der Waals surface area contributed by atoms with E-state index in [4.69, 9.17) is 14.2 Å². The highest BCUT2D eigenvalue weighted by Crippen LogP contribution is 2.13. The summed E-state index contributed by atoms with van der Waals surface area (Å²) in [6.07, 6.45) is 44.8. The van der Waals surface area contributed by atoms with Gasteiger partial charge >= 0.3 is 17.9 Å². The summed E-state index contributed by atoms with van der Waals surface area (Å²) < 4.78 is 17.2. The smallest absolute Gasteiger partial charge is 0.362 e. The molecule has 300 valence electrons. The van der Waals surface area contributed by atoms with Crippen molar-refractivity contribution >= 4 is 17.9 Å². The van der Waals surface area contributed by atoms with Gasteiger partial charge < -0.3 is 23.8 Å². The molecule has 8 nitrogen and oxygen atoms in total. The minimum atomic E-state index is -0.889. The monoisotopic (exact) mass is 741 g/mol. The number of carboxylic acids is 1. The summed E-state index contributed by atoms with van der Waals surface area (Å²) in [7, 11) is 5.49. The van der Waals surface area contributed by atoms with Crippen LogP contribution in [0.5, 0.6) is 0 Å². The van der Waals surface area contributed by atoms with Crippen LogP contribution in [0.4, 0.5) is 0 Å². The van der Waals surface area contributed by atoms with Gasteiger partial charge in [-0.2, -0.15) is 0 Å². The highest BCUT2D eigenvalue weighted by molar-refractivity contribution is 5.72. The van der Waals surface area contributed by atoms with E-state index >= 15 is 0 Å². The molecule has 0 heterocycles. The fourth-order valence-electron chi connectivity index (χ4n) is 5.32. The zero-order valence-corrected chi connectivity index (χ0v) is 33.9. The predicted octanol–water partition coefficient (Wildman–Crippen LogP) is 10.6. The van der Waals surface area contributed by atoms with Crippen molar-refractivity contribution in [2.24, 2.45) is 0 Å². The van der Waals surface area contributed by atoms with Gasteiger partial charge in [0.15, 0.2) is 12.1 Å². The Kier molecular flexibility index (Phi) is 33.2. The number of carbonyl (C=O) groups excluding carboxylic acids is 2. The first kappa shape index (κ1) is 49.5. The zero-order valence-electron chi connectivity index (χ0n) is 33.9. The van der Waals surface area contributed by atoms with Crippen molar-refractivity contribution in [3.63, 3.8) is 0 Å². The van der Waals surface area contributed by atoms with E-state index in [1.54, 1.807) is 0 Å². The van der Waals surface area contributed by atoms with Crippen LogP contribution in [-0.2, 0) is 28.6 Å². The molecular weight excluding hydrogens is 666 g/mol. The highest BCUT2D eigenvalue weighted by atomic mass is 16.6. The van der Waals surface area contributed by atoms with Crippen LogP contribution in [0.3, 0.4) is 0 Å². The number of aliphatic carboxylic acids is 1. The average molecular weight is 741 g/mol. The van der Waals surface area contributed by atoms with E-state index in [0.29, 0.717) is 19.3 Å². The van der Waals surface area contributed by atoms with Gasteiger partial charge in [0, 0.05) is 19.3 Å². The largest absolute Gasteiger partial charge is 0.477 e. The maximum atomic E-state index is 12.7. The highest BCUT2D eigenvalue weighted by Gasteiger charge is 2.31. The van der Waals surface area contributed by atoms with Gasteiger partial charge in [0.05, 0.1) is 34.4 Å². The summed E-state index contributed by atoms with van der Waals surface area (Å²) in [5, 5.41) is 9.60. The first-order valence-electron chi connectivity index (χ1n) is 20.2. The first-order valence-corrected chi connectivity index (χ1v) is 20.2. The Morgan fingerprint density at radius 3 is 1.70 bits per heavy atom. The normalized spacial score (nSPS) is 13.9. The molecule has 8 heteroatoms. The molecule has 0 aromatic carbocycles. The molecule has 0 aromatic heterocycles. The molecule has 0 radical (unpaired) electrons. The van der Waals surface area contributed by atoms with Gasteiger partial charge in [0.25, 0.3) is 0 Å². The lowest BCUT2D eigenvalue weighted by molar-refractivity contribution is -0.887. The second-order valence-corrected chi connectivity index (χ2v) is 14.2. The van der Waals surface area contributed by atoms with Crippen LogP contribution in [0.1, 0.15) is 129 Å². The van der Waals surface area contributed by atoms with E-state index in [1.807, 2.05) is 69.8 Å². The van der Waals surface area contributed by atoms with Crippen LogP contribution < -0.4 is 0 Å². The van der Waals surface area contributed by atoms with Gasteiger partial charge in [-0.1, -0.05) is 137 Å². The molecule has 0 aliphatic heterocycles. The fraction of sp³-hybridized carbons (Fsp3) is 0.622. The third-order valence-electron chi connectivity index (χ3n) is 8.42. The van der Waals surface area contributed by atoms with Gasteiger partial charge in [-0.05, 0) is 57.8 Å². The molecule has 0 amide bonds. The Labute approximate surface area is 323 Å². The van der Waals surface area contributed by atoms with Crippen molar-refractivity contribution in [2.75, 3.05) is 41.0 Å². The van der Waals surface area contributed by atoms with Crippen molar-refractivity contribution in [3.8, 4) is 0 Å². The predicted molar refractivity (Wildman–Crippen MR) is 220 cm³/mol. The molecule has 0 rings (SSSR count). The quantitative estimate of drug-likeness (QED) is 0.0230. The van der Waals surface area contributed by atoms with E-state index in [-0.39, 0.29) is 42.7 Å². The van der Waals surface area contributed by atoms with Crippen molar-refractivity contribution in [1.29, 1.82) is 0 Å². The standard InChI is InChI=1S/C45H73NO7/c1-6-8-10-12-14-16-18-20-22-24-26-28-30-32-34-36-44(48)53-41(39-51-38-37-42(45(49)50)46(3,4)5)40-52-43(47)35-33-31-29-27-25-23-21-19-17-15-13-11-9-7-2/h8-12,14-18,20,22,24,26,41-42H,6-7,13,19,21,23,25,27-40H2,1-5H3/p+1/b10-8+,11-9+,14-12+,17-15+,18-16+,22-20+,26-24+. The minimum Gasteiger partial charge on any atom is -0.477 e. The number of hydrogen-bond donors (Lipinski definition) is 1. The van der Waals surface area contributed by atoms with E-state index in [2.05, 4.69) is 50.3 Å². The van der Waals surface area contributed by atoms with Crippen LogP contribution in [0.2, 0.25) is 0 Å². The van der Waals surface area contributed by atoms with Gasteiger partial charge in [0.2, 0.25) is 0 Å². The Bertz CT molecular complexity index is 1140. The number of carboxylic acid groups (broad SMARTS) is 1. The van der Waals surface area contributed by atoms with Crippen LogP contribution in [-0.4, -0.2) is 80.6 Å². The molecule has 0 aliphatic carbocycles. The van der Waals surface area contributed by atoms with E-state index in [9.17, 15) is 19.5 Å². The number of esters is 2. The fourth-order valence-corrected chi connectivity index (χ4v) is 5.32. The molecule has 0 aliphatic rings. The summed E-state index contributed by atoms with van der Waals surface area (Å²) in [4.78, 5) is 36.9. The summed E-state index contributed by atoms with van der Waals surface area (Å²) in [6.45, 7) is 4.40. The Balaban J connectivity index is 4.51. The van der Waals surface area contributed by atoms with Crippen molar-refractivity contribution in [1.82, 2.24) is 0 Å². The molecule has 0 bridgehead atoms. The van der Waals surface area contributed by atoms with Crippen molar-refractivity contribution < 1.29 is 38.2 Å². The van der Waals surface area contributed by atoms with Gasteiger partial charge in [-0.25, -0.2) is 4.79 Å². The maximum Gasteiger partial charge on any atom is 0.362 e. The summed E-state index contributed by atoms with van der Waals surface area (Å²) >= 11 is 0. The molecule has 0 aromatic rings. The lowest BCUT2D eigenvalue weighted by Gasteiger charge is -2.31. The van der Waals surface area contributed by atoms with E-state index in [0.717, 1.165) is 64.2 Å². The number of hydrogen-bond acceptors (Lipinski definition) is 6. The molecule has 0 spiro atoms. The number of allylic oxidation sites excluding steroid dienone is 14. The number of ether oxygens (including phenoxy) is 3. The van der Waals surface area contributed by atoms with Crippen LogP contribution in [0.15, 0.2) is 85.1 Å². The van der Waals surface area contributed by atoms with Crippen LogP contribution in [0, 0.1) is 0 Å². The van der Waals surface area contributed by atoms with Gasteiger partial charge in [0.1, 0.15) is 6.61 Å². The number of carbonyl (C=O) groups is 3. The van der Waals surface area contributed by atoms with E-state index in [1.165, 1.54) is 25.7 Å². The summed E-state index contributed by atoms with van der Waals surface area (Å²) in [6, 6.07) is -0.628. The molecule has 2 unspecified atom stereocenters. The minimum absolute atomic E-state index is 0.0356. The second-order valence-electron chi connectivity index (χ2n) is 14.2. The molecule has 2 atom stereocenters. The first-order chi connectivity index (χ1) is 25.6. The topological polar surface area (TPSA) is 99.1 Å². The number of quaternary nitrogens is 1. The molecular formula is C45H74NO7+. The maximum absolute atomic E-state index is 12.7. The zero-order chi connectivity index (χ0) is 39.3. The number of nitrogens with zero attached hydrogens (tertiary/aromatic N) is 1.